The van der Waals surface area contributed by atoms with Gasteiger partial charge in [0, 0.05) is 18.0 Å². The SMILES string of the molecule is CC(N)CCCc1nc(-c2ccccc2)no1. The molecular weight excluding hydrogens is 214 g/mol. The molecule has 0 bridgehead atoms. The summed E-state index contributed by atoms with van der Waals surface area (Å²) < 4.78 is 5.20. The highest BCUT2D eigenvalue weighted by Gasteiger charge is 2.07. The predicted molar refractivity (Wildman–Crippen MR) is 66.3 cm³/mol. The van der Waals surface area contributed by atoms with E-state index in [1.54, 1.807) is 0 Å². The lowest BCUT2D eigenvalue weighted by atomic mass is 10.1. The fraction of sp³-hybridized carbons (Fsp3) is 0.385. The molecule has 0 aliphatic carbocycles. The van der Waals surface area contributed by atoms with Gasteiger partial charge in [-0.05, 0) is 19.8 Å². The number of hydrogen-bond acceptors (Lipinski definition) is 4. The molecule has 0 saturated carbocycles. The molecule has 4 nitrogen and oxygen atoms in total. The molecule has 0 spiro atoms. The highest BCUT2D eigenvalue weighted by molar-refractivity contribution is 5.53. The lowest BCUT2D eigenvalue weighted by molar-refractivity contribution is 0.373. The van der Waals surface area contributed by atoms with Gasteiger partial charge in [0.05, 0.1) is 0 Å². The topological polar surface area (TPSA) is 64.9 Å². The first kappa shape index (κ1) is 11.8. The Morgan fingerprint density at radius 2 is 2.06 bits per heavy atom. The van der Waals surface area contributed by atoms with Crippen LogP contribution in [0.15, 0.2) is 34.9 Å². The van der Waals surface area contributed by atoms with Gasteiger partial charge in [-0.15, -0.1) is 0 Å². The maximum Gasteiger partial charge on any atom is 0.226 e. The Kier molecular flexibility index (Phi) is 3.88. The van der Waals surface area contributed by atoms with Crippen LogP contribution in [0.5, 0.6) is 0 Å². The molecule has 4 heteroatoms. The quantitative estimate of drug-likeness (QED) is 0.858. The van der Waals surface area contributed by atoms with Crippen LogP contribution in [-0.4, -0.2) is 16.2 Å². The van der Waals surface area contributed by atoms with Crippen molar-refractivity contribution in [2.45, 2.75) is 32.2 Å². The molecule has 2 N–H and O–H groups in total. The molecule has 0 radical (unpaired) electrons. The maximum atomic E-state index is 5.69. The fourth-order valence-electron chi connectivity index (χ4n) is 1.64. The van der Waals surface area contributed by atoms with Crippen LogP contribution in [0.25, 0.3) is 11.4 Å². The number of benzene rings is 1. The smallest absolute Gasteiger partial charge is 0.226 e. The van der Waals surface area contributed by atoms with Gasteiger partial charge < -0.3 is 10.3 Å². The highest BCUT2D eigenvalue weighted by atomic mass is 16.5. The second kappa shape index (κ2) is 5.59. The van der Waals surface area contributed by atoms with Crippen molar-refractivity contribution in [3.63, 3.8) is 0 Å². The minimum Gasteiger partial charge on any atom is -0.339 e. The molecule has 0 aliphatic rings. The van der Waals surface area contributed by atoms with E-state index in [-0.39, 0.29) is 6.04 Å². The van der Waals surface area contributed by atoms with Crippen molar-refractivity contribution in [2.75, 3.05) is 0 Å². The lowest BCUT2D eigenvalue weighted by Gasteiger charge is -2.00. The van der Waals surface area contributed by atoms with Gasteiger partial charge in [-0.2, -0.15) is 4.98 Å². The third-order valence-corrected chi connectivity index (χ3v) is 2.55. The second-order valence-corrected chi connectivity index (χ2v) is 4.25. The summed E-state index contributed by atoms with van der Waals surface area (Å²) in [6, 6.07) is 10.1. The Bertz CT molecular complexity index is 451. The summed E-state index contributed by atoms with van der Waals surface area (Å²) >= 11 is 0. The molecule has 90 valence electrons. The summed E-state index contributed by atoms with van der Waals surface area (Å²) in [5, 5.41) is 3.97. The van der Waals surface area contributed by atoms with E-state index < -0.39 is 0 Å². The largest absolute Gasteiger partial charge is 0.339 e. The first-order valence-corrected chi connectivity index (χ1v) is 5.89. The highest BCUT2D eigenvalue weighted by Crippen LogP contribution is 2.15. The Labute approximate surface area is 101 Å². The van der Waals surface area contributed by atoms with Crippen LogP contribution in [-0.2, 0) is 6.42 Å². The van der Waals surface area contributed by atoms with Crippen molar-refractivity contribution >= 4 is 0 Å². The molecule has 1 atom stereocenters. The zero-order valence-electron chi connectivity index (χ0n) is 9.97. The molecule has 0 aliphatic heterocycles. The van der Waals surface area contributed by atoms with E-state index in [2.05, 4.69) is 10.1 Å². The summed E-state index contributed by atoms with van der Waals surface area (Å²) in [6.45, 7) is 2.00. The van der Waals surface area contributed by atoms with Gasteiger partial charge in [0.25, 0.3) is 0 Å². The van der Waals surface area contributed by atoms with Crippen molar-refractivity contribution in [1.82, 2.24) is 10.1 Å². The number of hydrogen-bond donors (Lipinski definition) is 1. The number of aromatic nitrogens is 2. The Hall–Kier alpha value is -1.68. The summed E-state index contributed by atoms with van der Waals surface area (Å²) in [6.07, 6.45) is 2.75. The van der Waals surface area contributed by atoms with Crippen LogP contribution in [0.3, 0.4) is 0 Å². The van der Waals surface area contributed by atoms with Crippen LogP contribution in [0, 0.1) is 0 Å². The minimum atomic E-state index is 0.228. The minimum absolute atomic E-state index is 0.228. The maximum absolute atomic E-state index is 5.69. The fourth-order valence-corrected chi connectivity index (χ4v) is 1.64. The van der Waals surface area contributed by atoms with Crippen molar-refractivity contribution in [2.24, 2.45) is 5.73 Å². The molecule has 0 fully saturated rings. The average Bonchev–Trinajstić information content (AvgIpc) is 2.78. The van der Waals surface area contributed by atoms with Crippen LogP contribution in [0.4, 0.5) is 0 Å². The summed E-state index contributed by atoms with van der Waals surface area (Å²) in [5.74, 6) is 1.34. The molecule has 0 saturated heterocycles. The van der Waals surface area contributed by atoms with E-state index in [0.29, 0.717) is 11.7 Å². The monoisotopic (exact) mass is 231 g/mol. The van der Waals surface area contributed by atoms with E-state index in [1.807, 2.05) is 37.3 Å². The number of nitrogens with two attached hydrogens (primary N) is 1. The number of rotatable bonds is 5. The van der Waals surface area contributed by atoms with E-state index >= 15 is 0 Å². The van der Waals surface area contributed by atoms with E-state index in [4.69, 9.17) is 10.3 Å². The van der Waals surface area contributed by atoms with Gasteiger partial charge in [0.15, 0.2) is 0 Å². The normalized spacial score (nSPS) is 12.6. The Morgan fingerprint density at radius 1 is 1.29 bits per heavy atom. The van der Waals surface area contributed by atoms with Crippen LogP contribution in [0.1, 0.15) is 25.7 Å². The van der Waals surface area contributed by atoms with E-state index in [1.165, 1.54) is 0 Å². The van der Waals surface area contributed by atoms with Crippen molar-refractivity contribution in [3.8, 4) is 11.4 Å². The van der Waals surface area contributed by atoms with Gasteiger partial charge in [-0.1, -0.05) is 35.5 Å². The van der Waals surface area contributed by atoms with Gasteiger partial charge >= 0.3 is 0 Å². The Balaban J connectivity index is 1.97. The van der Waals surface area contributed by atoms with Crippen LogP contribution >= 0.6 is 0 Å². The van der Waals surface area contributed by atoms with Gasteiger partial charge in [0.2, 0.25) is 11.7 Å². The molecule has 0 amide bonds. The summed E-state index contributed by atoms with van der Waals surface area (Å²) in [5.41, 5.74) is 6.67. The molecule has 2 rings (SSSR count). The third-order valence-electron chi connectivity index (χ3n) is 2.55. The molecule has 1 unspecified atom stereocenters. The Morgan fingerprint density at radius 3 is 2.76 bits per heavy atom. The van der Waals surface area contributed by atoms with Crippen molar-refractivity contribution < 1.29 is 4.52 Å². The van der Waals surface area contributed by atoms with E-state index in [9.17, 15) is 0 Å². The second-order valence-electron chi connectivity index (χ2n) is 4.25. The number of nitrogens with zero attached hydrogens (tertiary/aromatic N) is 2. The van der Waals surface area contributed by atoms with Crippen molar-refractivity contribution in [3.05, 3.63) is 36.2 Å². The first-order valence-electron chi connectivity index (χ1n) is 5.89. The summed E-state index contributed by atoms with van der Waals surface area (Å²) in [7, 11) is 0. The molecular formula is C13H17N3O. The summed E-state index contributed by atoms with van der Waals surface area (Å²) in [4.78, 5) is 4.36. The molecule has 1 heterocycles. The van der Waals surface area contributed by atoms with Crippen molar-refractivity contribution in [1.29, 1.82) is 0 Å². The third kappa shape index (κ3) is 3.39. The van der Waals surface area contributed by atoms with E-state index in [0.717, 1.165) is 24.8 Å². The molecule has 2 aromatic rings. The van der Waals surface area contributed by atoms with Gasteiger partial charge in [-0.3, -0.25) is 0 Å². The van der Waals surface area contributed by atoms with Crippen LogP contribution in [0.2, 0.25) is 0 Å². The molecule has 1 aromatic heterocycles. The standard InChI is InChI=1S/C13H17N3O/c1-10(14)6-5-9-12-15-13(16-17-12)11-7-3-2-4-8-11/h2-4,7-8,10H,5-6,9,14H2,1H3. The lowest BCUT2D eigenvalue weighted by Crippen LogP contribution is -2.14. The average molecular weight is 231 g/mol. The van der Waals surface area contributed by atoms with Gasteiger partial charge in [0.1, 0.15) is 0 Å². The predicted octanol–water partition coefficient (Wildman–Crippen LogP) is 2.41. The first-order chi connectivity index (χ1) is 8.25. The van der Waals surface area contributed by atoms with Crippen LogP contribution < -0.4 is 5.73 Å². The molecule has 1 aromatic carbocycles. The van der Waals surface area contributed by atoms with Gasteiger partial charge in [-0.25, -0.2) is 0 Å². The molecule has 17 heavy (non-hydrogen) atoms. The number of aryl methyl sites for hydroxylation is 1. The zero-order chi connectivity index (χ0) is 12.1. The zero-order valence-corrected chi connectivity index (χ0v) is 9.97.